The van der Waals surface area contributed by atoms with Gasteiger partial charge in [0.25, 0.3) is 0 Å². The molecule has 0 bridgehead atoms. The molecule has 1 aliphatic carbocycles. The van der Waals surface area contributed by atoms with E-state index in [2.05, 4.69) is 32.9 Å². The van der Waals surface area contributed by atoms with Gasteiger partial charge in [-0.25, -0.2) is 0 Å². The molecule has 0 radical (unpaired) electrons. The van der Waals surface area contributed by atoms with Crippen LogP contribution in [0.15, 0.2) is 47.1 Å². The average Bonchev–Trinajstić information content (AvgIpc) is 2.43. The SMILES string of the molecule is CC1=C(/C=C/[C@@H](C)[C@@H](O)/C=C/C(C)=C\CO)C(C)(C)CCC1. The van der Waals surface area contributed by atoms with E-state index in [1.807, 2.05) is 19.9 Å². The van der Waals surface area contributed by atoms with E-state index < -0.39 is 6.10 Å². The Morgan fingerprint density at radius 3 is 2.59 bits per heavy atom. The molecule has 1 aliphatic rings. The van der Waals surface area contributed by atoms with Gasteiger partial charge < -0.3 is 10.2 Å². The normalized spacial score (nSPS) is 22.6. The third-order valence-corrected chi connectivity index (χ3v) is 4.62. The van der Waals surface area contributed by atoms with Gasteiger partial charge >= 0.3 is 0 Å². The van der Waals surface area contributed by atoms with Gasteiger partial charge in [0.15, 0.2) is 0 Å². The first-order valence-electron chi connectivity index (χ1n) is 8.30. The zero-order chi connectivity index (χ0) is 16.8. The molecule has 22 heavy (non-hydrogen) atoms. The highest BCUT2D eigenvalue weighted by Gasteiger charge is 2.26. The maximum atomic E-state index is 10.2. The minimum Gasteiger partial charge on any atom is -0.392 e. The molecule has 1 rings (SSSR count). The van der Waals surface area contributed by atoms with Gasteiger partial charge in [-0.2, -0.15) is 0 Å². The van der Waals surface area contributed by atoms with Crippen LogP contribution in [0.25, 0.3) is 0 Å². The first-order valence-corrected chi connectivity index (χ1v) is 8.30. The summed E-state index contributed by atoms with van der Waals surface area (Å²) in [5.74, 6) is 0.0659. The van der Waals surface area contributed by atoms with Crippen molar-refractivity contribution < 1.29 is 10.2 Å². The Kier molecular flexibility index (Phi) is 7.31. The number of aliphatic hydroxyl groups excluding tert-OH is 2. The maximum Gasteiger partial charge on any atom is 0.0784 e. The molecule has 0 saturated carbocycles. The second-order valence-electron chi connectivity index (χ2n) is 7.13. The Morgan fingerprint density at radius 1 is 1.32 bits per heavy atom. The molecule has 0 aromatic rings. The van der Waals surface area contributed by atoms with Crippen molar-refractivity contribution in [2.24, 2.45) is 11.3 Å². The molecular weight excluding hydrogens is 272 g/mol. The quantitative estimate of drug-likeness (QED) is 0.706. The predicted molar refractivity (Wildman–Crippen MR) is 94.6 cm³/mol. The number of aliphatic hydroxyl groups is 2. The second-order valence-corrected chi connectivity index (χ2v) is 7.13. The van der Waals surface area contributed by atoms with E-state index in [1.54, 1.807) is 12.2 Å². The lowest BCUT2D eigenvalue weighted by Crippen LogP contribution is -2.19. The van der Waals surface area contributed by atoms with E-state index in [4.69, 9.17) is 5.11 Å². The van der Waals surface area contributed by atoms with Crippen LogP contribution in [0.4, 0.5) is 0 Å². The van der Waals surface area contributed by atoms with Gasteiger partial charge in [0.1, 0.15) is 0 Å². The number of hydrogen-bond acceptors (Lipinski definition) is 2. The van der Waals surface area contributed by atoms with Gasteiger partial charge in [0, 0.05) is 5.92 Å². The summed E-state index contributed by atoms with van der Waals surface area (Å²) in [5, 5.41) is 19.0. The monoisotopic (exact) mass is 304 g/mol. The van der Waals surface area contributed by atoms with Crippen molar-refractivity contribution in [2.75, 3.05) is 6.61 Å². The molecule has 0 aliphatic heterocycles. The fourth-order valence-electron chi connectivity index (χ4n) is 3.01. The molecule has 0 saturated heterocycles. The van der Waals surface area contributed by atoms with Crippen LogP contribution in [0.1, 0.15) is 53.9 Å². The minimum atomic E-state index is -0.508. The molecule has 2 atom stereocenters. The summed E-state index contributed by atoms with van der Waals surface area (Å²) in [7, 11) is 0. The number of allylic oxidation sites excluding steroid dienone is 5. The maximum absolute atomic E-state index is 10.2. The van der Waals surface area contributed by atoms with E-state index in [0.29, 0.717) is 0 Å². The van der Waals surface area contributed by atoms with Crippen LogP contribution in [0.2, 0.25) is 0 Å². The van der Waals surface area contributed by atoms with Gasteiger partial charge in [-0.1, -0.05) is 62.3 Å². The Labute approximate surface area is 135 Å². The molecule has 0 aromatic heterocycles. The van der Waals surface area contributed by atoms with Crippen molar-refractivity contribution in [1.82, 2.24) is 0 Å². The number of hydrogen-bond donors (Lipinski definition) is 2. The molecule has 124 valence electrons. The molecule has 0 fully saturated rings. The standard InChI is InChI=1S/C20H32O2/c1-15(12-14-21)8-11-19(22)17(3)9-10-18-16(2)7-6-13-20(18,4)5/h8-12,17,19,21-22H,6-7,13-14H2,1-5H3/b10-9+,11-8+,15-12-/t17-,19+/m1/s1. The smallest absolute Gasteiger partial charge is 0.0784 e. The van der Waals surface area contributed by atoms with Crippen LogP contribution >= 0.6 is 0 Å². The Bertz CT molecular complexity index is 478. The third kappa shape index (κ3) is 5.58. The van der Waals surface area contributed by atoms with Gasteiger partial charge in [-0.05, 0) is 44.1 Å². The third-order valence-electron chi connectivity index (χ3n) is 4.62. The van der Waals surface area contributed by atoms with Crippen molar-refractivity contribution >= 4 is 0 Å². The Morgan fingerprint density at radius 2 is 2.00 bits per heavy atom. The van der Waals surface area contributed by atoms with Crippen molar-refractivity contribution in [3.63, 3.8) is 0 Å². The largest absolute Gasteiger partial charge is 0.392 e. The lowest BCUT2D eigenvalue weighted by Gasteiger charge is -2.33. The number of rotatable bonds is 6. The Hall–Kier alpha value is -1.12. The highest BCUT2D eigenvalue weighted by molar-refractivity contribution is 5.33. The van der Waals surface area contributed by atoms with Crippen LogP contribution in [-0.4, -0.2) is 22.9 Å². The lowest BCUT2D eigenvalue weighted by atomic mass is 9.72. The molecular formula is C20H32O2. The van der Waals surface area contributed by atoms with Gasteiger partial charge in [0.05, 0.1) is 12.7 Å². The first kappa shape index (κ1) is 18.9. The Balaban J connectivity index is 2.75. The zero-order valence-corrected chi connectivity index (χ0v) is 14.8. The van der Waals surface area contributed by atoms with Gasteiger partial charge in [-0.15, -0.1) is 0 Å². The first-order chi connectivity index (χ1) is 10.3. The van der Waals surface area contributed by atoms with Crippen molar-refractivity contribution in [1.29, 1.82) is 0 Å². The molecule has 0 spiro atoms. The lowest BCUT2D eigenvalue weighted by molar-refractivity contribution is 0.185. The predicted octanol–water partition coefficient (Wildman–Crippen LogP) is 4.56. The highest BCUT2D eigenvalue weighted by Crippen LogP contribution is 2.40. The van der Waals surface area contributed by atoms with E-state index in [9.17, 15) is 5.11 Å². The highest BCUT2D eigenvalue weighted by atomic mass is 16.3. The van der Waals surface area contributed by atoms with Gasteiger partial charge in [-0.3, -0.25) is 0 Å². The molecule has 2 nitrogen and oxygen atoms in total. The summed E-state index contributed by atoms with van der Waals surface area (Å²) in [6.45, 7) is 10.8. The van der Waals surface area contributed by atoms with Crippen molar-refractivity contribution in [3.05, 3.63) is 47.1 Å². The average molecular weight is 304 g/mol. The van der Waals surface area contributed by atoms with Crippen LogP contribution < -0.4 is 0 Å². The molecule has 0 aromatic carbocycles. The molecule has 0 heterocycles. The summed E-state index contributed by atoms with van der Waals surface area (Å²) in [6.07, 6.45) is 12.9. The van der Waals surface area contributed by atoms with Crippen molar-refractivity contribution in [3.8, 4) is 0 Å². The second kappa shape index (κ2) is 8.50. The summed E-state index contributed by atoms with van der Waals surface area (Å²) < 4.78 is 0. The van der Waals surface area contributed by atoms with Crippen molar-refractivity contribution in [2.45, 2.75) is 60.0 Å². The summed E-state index contributed by atoms with van der Waals surface area (Å²) in [6, 6.07) is 0. The van der Waals surface area contributed by atoms with Crippen LogP contribution in [0.3, 0.4) is 0 Å². The van der Waals surface area contributed by atoms with E-state index in [1.165, 1.54) is 30.4 Å². The minimum absolute atomic E-state index is 0.0320. The van der Waals surface area contributed by atoms with E-state index in [-0.39, 0.29) is 17.9 Å². The zero-order valence-electron chi connectivity index (χ0n) is 14.8. The summed E-state index contributed by atoms with van der Waals surface area (Å²) >= 11 is 0. The topological polar surface area (TPSA) is 40.5 Å². The fourth-order valence-corrected chi connectivity index (χ4v) is 3.01. The van der Waals surface area contributed by atoms with E-state index >= 15 is 0 Å². The summed E-state index contributed by atoms with van der Waals surface area (Å²) in [4.78, 5) is 0. The van der Waals surface area contributed by atoms with E-state index in [0.717, 1.165) is 5.57 Å². The van der Waals surface area contributed by atoms with Crippen LogP contribution in [0.5, 0.6) is 0 Å². The van der Waals surface area contributed by atoms with Gasteiger partial charge in [0.2, 0.25) is 0 Å². The fraction of sp³-hybridized carbons (Fsp3) is 0.600. The summed E-state index contributed by atoms with van der Waals surface area (Å²) in [5.41, 5.74) is 4.11. The molecule has 2 heteroatoms. The molecule has 0 unspecified atom stereocenters. The van der Waals surface area contributed by atoms with Crippen LogP contribution in [-0.2, 0) is 0 Å². The van der Waals surface area contributed by atoms with Crippen LogP contribution in [0, 0.1) is 11.3 Å². The molecule has 2 N–H and O–H groups in total. The molecule has 0 amide bonds.